The van der Waals surface area contributed by atoms with Crippen LogP contribution >= 0.6 is 0 Å². The minimum absolute atomic E-state index is 0.0602. The number of carbonyl (C=O) groups excluding carboxylic acids is 1. The number of aliphatic hydroxyl groups excluding tert-OH is 1. The number of rotatable bonds is 1. The molecule has 0 bridgehead atoms. The van der Waals surface area contributed by atoms with Crippen LogP contribution in [0.1, 0.15) is 19.3 Å². The lowest BCUT2D eigenvalue weighted by molar-refractivity contribution is -0.113. The van der Waals surface area contributed by atoms with Gasteiger partial charge in [0.1, 0.15) is 6.29 Å². The van der Waals surface area contributed by atoms with Crippen LogP contribution in [0.15, 0.2) is 0 Å². The molecule has 0 aromatic heterocycles. The minimum Gasteiger partial charge on any atom is -0.392 e. The first-order valence-corrected chi connectivity index (χ1v) is 2.98. The van der Waals surface area contributed by atoms with E-state index in [1.54, 1.807) is 0 Å². The molecule has 0 radical (unpaired) electrons. The lowest BCUT2D eigenvalue weighted by atomic mass is 10.1. The van der Waals surface area contributed by atoms with Crippen LogP contribution in [0.5, 0.6) is 0 Å². The van der Waals surface area contributed by atoms with E-state index in [4.69, 9.17) is 5.11 Å². The van der Waals surface area contributed by atoms with E-state index in [2.05, 4.69) is 0 Å². The van der Waals surface area contributed by atoms with Crippen LogP contribution in [0, 0.1) is 5.92 Å². The van der Waals surface area contributed by atoms with Crippen molar-refractivity contribution < 1.29 is 9.90 Å². The molecule has 8 heavy (non-hydrogen) atoms. The van der Waals surface area contributed by atoms with Crippen molar-refractivity contribution in [2.45, 2.75) is 25.4 Å². The summed E-state index contributed by atoms with van der Waals surface area (Å²) in [6.07, 6.45) is 3.21. The molecular formula is C6H10O2. The molecule has 0 aromatic rings. The van der Waals surface area contributed by atoms with E-state index in [-0.39, 0.29) is 12.0 Å². The van der Waals surface area contributed by atoms with E-state index >= 15 is 0 Å². The average molecular weight is 114 g/mol. The van der Waals surface area contributed by atoms with Gasteiger partial charge in [-0.05, 0) is 12.8 Å². The summed E-state index contributed by atoms with van der Waals surface area (Å²) in [4.78, 5) is 10.1. The van der Waals surface area contributed by atoms with Crippen LogP contribution in [0.25, 0.3) is 0 Å². The Morgan fingerprint density at radius 1 is 1.50 bits per heavy atom. The molecule has 0 saturated heterocycles. The Bertz CT molecular complexity index is 90.5. The molecule has 0 unspecified atom stereocenters. The molecule has 1 aliphatic carbocycles. The first-order chi connectivity index (χ1) is 3.84. The number of aliphatic hydroxyl groups is 1. The molecule has 0 aromatic carbocycles. The van der Waals surface area contributed by atoms with Gasteiger partial charge in [0.2, 0.25) is 0 Å². The molecule has 0 spiro atoms. The van der Waals surface area contributed by atoms with E-state index in [0.717, 1.165) is 25.5 Å². The van der Waals surface area contributed by atoms with E-state index in [0.29, 0.717) is 0 Å². The van der Waals surface area contributed by atoms with Gasteiger partial charge in [0.05, 0.1) is 6.10 Å². The quantitative estimate of drug-likeness (QED) is 0.499. The highest BCUT2D eigenvalue weighted by Crippen LogP contribution is 2.22. The minimum atomic E-state index is -0.340. The largest absolute Gasteiger partial charge is 0.392 e. The highest BCUT2D eigenvalue weighted by molar-refractivity contribution is 5.54. The predicted molar refractivity (Wildman–Crippen MR) is 29.4 cm³/mol. The fourth-order valence-corrected chi connectivity index (χ4v) is 1.13. The molecule has 46 valence electrons. The van der Waals surface area contributed by atoms with Crippen molar-refractivity contribution in [1.82, 2.24) is 0 Å². The molecule has 0 heterocycles. The summed E-state index contributed by atoms with van der Waals surface area (Å²) < 4.78 is 0. The maximum atomic E-state index is 10.1. The molecule has 1 fully saturated rings. The second-order valence-corrected chi connectivity index (χ2v) is 2.30. The van der Waals surface area contributed by atoms with Crippen LogP contribution in [-0.2, 0) is 4.79 Å². The lowest BCUT2D eigenvalue weighted by Crippen LogP contribution is -2.13. The predicted octanol–water partition coefficient (Wildman–Crippen LogP) is 0.346. The van der Waals surface area contributed by atoms with Crippen LogP contribution in [-0.4, -0.2) is 17.5 Å². The zero-order valence-electron chi connectivity index (χ0n) is 4.71. The van der Waals surface area contributed by atoms with Crippen LogP contribution in [0.4, 0.5) is 0 Å². The van der Waals surface area contributed by atoms with E-state index in [1.165, 1.54) is 0 Å². The highest BCUT2D eigenvalue weighted by atomic mass is 16.3. The van der Waals surface area contributed by atoms with Gasteiger partial charge < -0.3 is 9.90 Å². The number of aldehydes is 1. The fraction of sp³-hybridized carbons (Fsp3) is 0.833. The SMILES string of the molecule is O=C[C@@H]1CCC[C@@H]1O. The first kappa shape index (κ1) is 5.76. The summed E-state index contributed by atoms with van der Waals surface area (Å²) in [5.74, 6) is -0.0602. The number of hydrogen-bond donors (Lipinski definition) is 1. The molecule has 2 nitrogen and oxygen atoms in total. The van der Waals surface area contributed by atoms with Gasteiger partial charge in [-0.1, -0.05) is 6.42 Å². The van der Waals surface area contributed by atoms with Gasteiger partial charge in [-0.2, -0.15) is 0 Å². The zero-order valence-corrected chi connectivity index (χ0v) is 4.71. The average Bonchev–Trinajstić information content (AvgIpc) is 2.14. The third-order valence-corrected chi connectivity index (χ3v) is 1.71. The van der Waals surface area contributed by atoms with E-state index in [9.17, 15) is 4.79 Å². The maximum absolute atomic E-state index is 10.1. The Hall–Kier alpha value is -0.370. The maximum Gasteiger partial charge on any atom is 0.125 e. The third kappa shape index (κ3) is 0.892. The summed E-state index contributed by atoms with van der Waals surface area (Å²) in [6, 6.07) is 0. The van der Waals surface area contributed by atoms with Gasteiger partial charge in [0, 0.05) is 5.92 Å². The molecule has 0 aliphatic heterocycles. The summed E-state index contributed by atoms with van der Waals surface area (Å²) in [5.41, 5.74) is 0. The Kier molecular flexibility index (Phi) is 1.63. The summed E-state index contributed by atoms with van der Waals surface area (Å²) >= 11 is 0. The van der Waals surface area contributed by atoms with Crippen LogP contribution < -0.4 is 0 Å². The Labute approximate surface area is 48.5 Å². The Morgan fingerprint density at radius 2 is 2.25 bits per heavy atom. The van der Waals surface area contributed by atoms with Gasteiger partial charge in [0.15, 0.2) is 0 Å². The molecule has 1 aliphatic rings. The zero-order chi connectivity index (χ0) is 5.98. The monoisotopic (exact) mass is 114 g/mol. The summed E-state index contributed by atoms with van der Waals surface area (Å²) in [6.45, 7) is 0. The molecule has 2 heteroatoms. The van der Waals surface area contributed by atoms with Crippen molar-refractivity contribution in [3.8, 4) is 0 Å². The lowest BCUT2D eigenvalue weighted by Gasteiger charge is -2.02. The smallest absolute Gasteiger partial charge is 0.125 e. The topological polar surface area (TPSA) is 37.3 Å². The van der Waals surface area contributed by atoms with Crippen molar-refractivity contribution in [2.75, 3.05) is 0 Å². The van der Waals surface area contributed by atoms with Crippen LogP contribution in [0.3, 0.4) is 0 Å². The molecule has 2 atom stereocenters. The standard InChI is InChI=1S/C6H10O2/c7-4-5-2-1-3-6(5)8/h4-6,8H,1-3H2/t5-,6-/m0/s1. The second-order valence-electron chi connectivity index (χ2n) is 2.30. The van der Waals surface area contributed by atoms with Crippen molar-refractivity contribution in [1.29, 1.82) is 0 Å². The fourth-order valence-electron chi connectivity index (χ4n) is 1.13. The van der Waals surface area contributed by atoms with Gasteiger partial charge in [-0.25, -0.2) is 0 Å². The van der Waals surface area contributed by atoms with Crippen molar-refractivity contribution >= 4 is 6.29 Å². The van der Waals surface area contributed by atoms with E-state index < -0.39 is 0 Å². The van der Waals surface area contributed by atoms with E-state index in [1.807, 2.05) is 0 Å². The van der Waals surface area contributed by atoms with Gasteiger partial charge >= 0.3 is 0 Å². The number of carbonyl (C=O) groups is 1. The van der Waals surface area contributed by atoms with Crippen molar-refractivity contribution in [3.05, 3.63) is 0 Å². The van der Waals surface area contributed by atoms with Gasteiger partial charge in [0.25, 0.3) is 0 Å². The molecule has 1 N–H and O–H groups in total. The van der Waals surface area contributed by atoms with Gasteiger partial charge in [-0.15, -0.1) is 0 Å². The van der Waals surface area contributed by atoms with Crippen LogP contribution in [0.2, 0.25) is 0 Å². The van der Waals surface area contributed by atoms with Crippen molar-refractivity contribution in [2.24, 2.45) is 5.92 Å². The number of hydrogen-bond acceptors (Lipinski definition) is 2. The Balaban J connectivity index is 2.41. The third-order valence-electron chi connectivity index (χ3n) is 1.71. The summed E-state index contributed by atoms with van der Waals surface area (Å²) in [5, 5.41) is 8.96. The van der Waals surface area contributed by atoms with Gasteiger partial charge in [-0.3, -0.25) is 0 Å². The molecule has 1 saturated carbocycles. The molecule has 1 rings (SSSR count). The highest BCUT2D eigenvalue weighted by Gasteiger charge is 2.23. The Morgan fingerprint density at radius 3 is 2.50 bits per heavy atom. The summed E-state index contributed by atoms with van der Waals surface area (Å²) in [7, 11) is 0. The first-order valence-electron chi connectivity index (χ1n) is 2.98. The normalized spacial score (nSPS) is 37.6. The molecule has 0 amide bonds. The second kappa shape index (κ2) is 2.27. The van der Waals surface area contributed by atoms with Crippen molar-refractivity contribution in [3.63, 3.8) is 0 Å². The molecular weight excluding hydrogens is 104 g/mol.